The number of rotatable bonds is 2. The van der Waals surface area contributed by atoms with Crippen molar-refractivity contribution < 1.29 is 4.79 Å². The number of carbonyl (C=O) groups is 1. The number of Topliss-reactive ketones (excluding diaryl/α,β-unsaturated/α-hetero) is 1. The lowest BCUT2D eigenvalue weighted by atomic mass is 9.70. The van der Waals surface area contributed by atoms with Gasteiger partial charge in [-0.3, -0.25) is 4.79 Å². The Morgan fingerprint density at radius 1 is 1.33 bits per heavy atom. The van der Waals surface area contributed by atoms with Crippen molar-refractivity contribution in [3.8, 4) is 0 Å². The third-order valence-corrected chi connectivity index (χ3v) is 6.20. The van der Waals surface area contributed by atoms with E-state index < -0.39 is 0 Å². The van der Waals surface area contributed by atoms with Gasteiger partial charge in [0.2, 0.25) is 0 Å². The number of hydrogen-bond donors (Lipinski definition) is 1. The minimum atomic E-state index is -0.207. The van der Waals surface area contributed by atoms with Gasteiger partial charge in [-0.15, -0.1) is 0 Å². The predicted molar refractivity (Wildman–Crippen MR) is 87.5 cm³/mol. The number of nitrogens with one attached hydrogen (secondary N) is 1. The summed E-state index contributed by atoms with van der Waals surface area (Å²) < 4.78 is 0. The van der Waals surface area contributed by atoms with Crippen molar-refractivity contribution >= 4 is 23.1 Å². The summed E-state index contributed by atoms with van der Waals surface area (Å²) >= 11 is 6.20. The van der Waals surface area contributed by atoms with E-state index in [4.69, 9.17) is 11.6 Å². The van der Waals surface area contributed by atoms with Gasteiger partial charge in [0.1, 0.15) is 0 Å². The van der Waals surface area contributed by atoms with E-state index in [1.54, 1.807) is 0 Å². The molecule has 0 saturated heterocycles. The summed E-state index contributed by atoms with van der Waals surface area (Å²) in [5, 5.41) is 3.93. The van der Waals surface area contributed by atoms with E-state index >= 15 is 0 Å². The molecule has 0 radical (unpaired) electrons. The van der Waals surface area contributed by atoms with Crippen molar-refractivity contribution in [3.63, 3.8) is 0 Å². The topological polar surface area (TPSA) is 29.1 Å². The first kappa shape index (κ1) is 14.6. The maximum absolute atomic E-state index is 12.7. The molecule has 0 spiro atoms. The van der Waals surface area contributed by atoms with Crippen LogP contribution in [0.15, 0.2) is 30.0 Å². The van der Waals surface area contributed by atoms with E-state index in [-0.39, 0.29) is 10.8 Å². The second kappa shape index (κ2) is 4.61. The SMILES string of the molecule is Cc1ccc(Cl)c(N/C=C2\C(=O)[C@@]3(C)CC[C@@H]2C3(C)C)c1. The molecule has 2 saturated carbocycles. The fourth-order valence-electron chi connectivity index (χ4n) is 4.00. The van der Waals surface area contributed by atoms with Crippen LogP contribution < -0.4 is 5.32 Å². The van der Waals surface area contributed by atoms with Crippen molar-refractivity contribution in [2.24, 2.45) is 16.7 Å². The highest BCUT2D eigenvalue weighted by Crippen LogP contribution is 2.65. The number of aryl methyl sites for hydroxylation is 1. The van der Waals surface area contributed by atoms with E-state index in [1.165, 1.54) is 0 Å². The van der Waals surface area contributed by atoms with Gasteiger partial charge < -0.3 is 5.32 Å². The Hall–Kier alpha value is -1.28. The Kier molecular flexibility index (Phi) is 3.21. The van der Waals surface area contributed by atoms with Crippen LogP contribution in [0, 0.1) is 23.7 Å². The Bertz CT molecular complexity index is 647. The van der Waals surface area contributed by atoms with Crippen molar-refractivity contribution in [2.75, 3.05) is 5.32 Å². The monoisotopic (exact) mass is 303 g/mol. The average molecular weight is 304 g/mol. The molecule has 2 fully saturated rings. The molecule has 1 aromatic rings. The zero-order chi connectivity index (χ0) is 15.4. The molecule has 0 aromatic heterocycles. The van der Waals surface area contributed by atoms with Crippen LogP contribution in [0.2, 0.25) is 5.02 Å². The predicted octanol–water partition coefficient (Wildman–Crippen LogP) is 4.97. The molecule has 112 valence electrons. The normalized spacial score (nSPS) is 32.0. The Morgan fingerprint density at radius 2 is 2.05 bits per heavy atom. The molecule has 0 amide bonds. The third kappa shape index (κ3) is 1.96. The molecule has 2 bridgehead atoms. The fourth-order valence-corrected chi connectivity index (χ4v) is 4.17. The molecule has 3 rings (SSSR count). The summed E-state index contributed by atoms with van der Waals surface area (Å²) in [7, 11) is 0. The van der Waals surface area contributed by atoms with Gasteiger partial charge >= 0.3 is 0 Å². The molecular weight excluding hydrogens is 282 g/mol. The van der Waals surface area contributed by atoms with Crippen LogP contribution in [0.1, 0.15) is 39.2 Å². The van der Waals surface area contributed by atoms with Gasteiger partial charge in [0.25, 0.3) is 0 Å². The number of carbonyl (C=O) groups excluding carboxylic acids is 1. The first-order valence-electron chi connectivity index (χ1n) is 7.55. The lowest BCUT2D eigenvalue weighted by Crippen LogP contribution is -2.32. The largest absolute Gasteiger partial charge is 0.360 e. The fraction of sp³-hybridized carbons (Fsp3) is 0.500. The molecule has 1 N–H and O–H groups in total. The number of hydrogen-bond acceptors (Lipinski definition) is 2. The molecule has 2 atom stereocenters. The summed E-state index contributed by atoms with van der Waals surface area (Å²) in [6.07, 6.45) is 4.00. The molecule has 0 unspecified atom stereocenters. The maximum Gasteiger partial charge on any atom is 0.167 e. The summed E-state index contributed by atoms with van der Waals surface area (Å²) in [4.78, 5) is 12.7. The molecule has 0 heterocycles. The van der Waals surface area contributed by atoms with Gasteiger partial charge in [0.05, 0.1) is 10.7 Å². The van der Waals surface area contributed by atoms with E-state index in [9.17, 15) is 4.79 Å². The van der Waals surface area contributed by atoms with Gasteiger partial charge in [-0.25, -0.2) is 0 Å². The van der Waals surface area contributed by atoms with Crippen LogP contribution in [-0.2, 0) is 4.79 Å². The van der Waals surface area contributed by atoms with E-state index in [2.05, 4.69) is 26.1 Å². The van der Waals surface area contributed by atoms with Crippen LogP contribution in [0.3, 0.4) is 0 Å². The van der Waals surface area contributed by atoms with Crippen molar-refractivity contribution in [2.45, 2.75) is 40.5 Å². The average Bonchev–Trinajstić information content (AvgIpc) is 2.73. The van der Waals surface area contributed by atoms with Crippen LogP contribution >= 0.6 is 11.6 Å². The number of benzene rings is 1. The maximum atomic E-state index is 12.7. The van der Waals surface area contributed by atoms with Gasteiger partial charge in [-0.1, -0.05) is 38.4 Å². The van der Waals surface area contributed by atoms with E-state index in [0.29, 0.717) is 16.7 Å². The molecule has 1 aromatic carbocycles. The van der Waals surface area contributed by atoms with Crippen molar-refractivity contribution in [1.29, 1.82) is 0 Å². The van der Waals surface area contributed by atoms with Crippen LogP contribution in [0.25, 0.3) is 0 Å². The highest BCUT2D eigenvalue weighted by molar-refractivity contribution is 6.33. The lowest BCUT2D eigenvalue weighted by molar-refractivity contribution is -0.125. The number of fused-ring (bicyclic) bond motifs is 2. The summed E-state index contributed by atoms with van der Waals surface area (Å²) in [5.74, 6) is 0.658. The van der Waals surface area contributed by atoms with E-state index in [0.717, 1.165) is 29.7 Å². The van der Waals surface area contributed by atoms with Gasteiger partial charge in [0, 0.05) is 17.2 Å². The Morgan fingerprint density at radius 3 is 2.67 bits per heavy atom. The number of allylic oxidation sites excluding steroid dienone is 1. The molecule has 2 aliphatic rings. The molecule has 0 aliphatic heterocycles. The standard InChI is InChI=1S/C18H22ClNO/c1-11-5-6-14(19)15(9-11)20-10-12-13-7-8-18(4,16(12)21)17(13,2)3/h5-6,9-10,13,20H,7-8H2,1-4H3/b12-10-/t13-,18+/m0/s1. The summed E-state index contributed by atoms with van der Waals surface area (Å²) in [6.45, 7) is 8.60. The quantitative estimate of drug-likeness (QED) is 0.782. The first-order valence-corrected chi connectivity index (χ1v) is 7.93. The lowest BCUT2D eigenvalue weighted by Gasteiger charge is -2.31. The third-order valence-electron chi connectivity index (χ3n) is 5.87. The number of anilines is 1. The molecule has 2 nitrogen and oxygen atoms in total. The van der Waals surface area contributed by atoms with Crippen LogP contribution in [0.5, 0.6) is 0 Å². The van der Waals surface area contributed by atoms with Gasteiger partial charge in [0.15, 0.2) is 5.78 Å². The molecule has 2 aliphatic carbocycles. The molecule has 21 heavy (non-hydrogen) atoms. The number of ketones is 1. The van der Waals surface area contributed by atoms with Gasteiger partial charge in [-0.2, -0.15) is 0 Å². The number of halogens is 1. The van der Waals surface area contributed by atoms with Crippen molar-refractivity contribution in [1.82, 2.24) is 0 Å². The highest BCUT2D eigenvalue weighted by atomic mass is 35.5. The molecular formula is C18H22ClNO. The Balaban J connectivity index is 1.92. The second-order valence-corrected chi connectivity index (χ2v) is 7.61. The van der Waals surface area contributed by atoms with Crippen molar-refractivity contribution in [3.05, 3.63) is 40.6 Å². The zero-order valence-electron chi connectivity index (χ0n) is 13.1. The van der Waals surface area contributed by atoms with E-state index in [1.807, 2.05) is 31.3 Å². The Labute approximate surface area is 131 Å². The van der Waals surface area contributed by atoms with Gasteiger partial charge in [-0.05, 0) is 48.8 Å². The van der Waals surface area contributed by atoms with Crippen LogP contribution in [0.4, 0.5) is 5.69 Å². The van der Waals surface area contributed by atoms with Crippen LogP contribution in [-0.4, -0.2) is 5.78 Å². The first-order chi connectivity index (χ1) is 9.77. The highest BCUT2D eigenvalue weighted by Gasteiger charge is 2.63. The second-order valence-electron chi connectivity index (χ2n) is 7.20. The summed E-state index contributed by atoms with van der Waals surface area (Å²) in [5.41, 5.74) is 2.79. The zero-order valence-corrected chi connectivity index (χ0v) is 13.8. The smallest absolute Gasteiger partial charge is 0.167 e. The molecule has 3 heteroatoms. The summed E-state index contributed by atoms with van der Waals surface area (Å²) in [6, 6.07) is 5.86. The minimum Gasteiger partial charge on any atom is -0.360 e. The minimum absolute atomic E-state index is 0.0496.